The minimum atomic E-state index is -2.33. The quantitative estimate of drug-likeness (QED) is 0.231. The van der Waals surface area contributed by atoms with E-state index >= 15 is 0 Å². The maximum absolute atomic E-state index is 8.33. The van der Waals surface area contributed by atoms with Gasteiger partial charge in [0.05, 0.1) is 0 Å². The minimum Gasteiger partial charge on any atom is -0.652 e. The molecule has 0 aromatic heterocycles. The third-order valence-electron chi connectivity index (χ3n) is 0. The fourth-order valence-corrected chi connectivity index (χ4v) is 0. The Morgan fingerprint density at radius 2 is 0.391 bits per heavy atom. The number of rotatable bonds is 0. The summed E-state index contributed by atoms with van der Waals surface area (Å²) in [6.07, 6.45) is -11.7. The van der Waals surface area contributed by atoms with Gasteiger partial charge in [0.1, 0.15) is 0 Å². The Kier molecular flexibility index (Phi) is 92.7. The predicted molar refractivity (Wildman–Crippen MR) is 27.0 cm³/mol. The first-order chi connectivity index (χ1) is 8.66. The summed E-state index contributed by atoms with van der Waals surface area (Å²) in [5.74, 6) is 0. The fraction of sp³-hybridized carbons (Fsp3) is 0. The van der Waals surface area contributed by atoms with Crippen molar-refractivity contribution in [3.05, 3.63) is 0 Å². The SMILES string of the molecule is O=C([O-])[O-].O=C([O-])[O-].O=C([O-])[O-].O=C([O-])[O-].O=C([O-])[O-].[Ce+3].[Pr+3].[Zr+4]. The van der Waals surface area contributed by atoms with E-state index in [0.29, 0.717) is 0 Å². The van der Waals surface area contributed by atoms with Crippen molar-refractivity contribution < 1.29 is 184 Å². The van der Waals surface area contributed by atoms with E-state index < -0.39 is 30.8 Å². The van der Waals surface area contributed by atoms with Crippen LogP contribution < -0.4 is 51.1 Å². The third kappa shape index (κ3) is 12400000. The minimum absolute atomic E-state index is 0. The van der Waals surface area contributed by atoms with E-state index in [1.807, 2.05) is 0 Å². The largest absolute Gasteiger partial charge is 4.00 e. The maximum atomic E-state index is 8.33. The smallest absolute Gasteiger partial charge is 0.652 e. The van der Waals surface area contributed by atoms with Gasteiger partial charge in [0, 0.05) is 0 Å². The van der Waals surface area contributed by atoms with Gasteiger partial charge < -0.3 is 75.0 Å². The summed E-state index contributed by atoms with van der Waals surface area (Å²) >= 11 is 0. The van der Waals surface area contributed by atoms with Gasteiger partial charge in [0.2, 0.25) is 0 Å². The molecule has 18 heteroatoms. The Balaban J connectivity index is -0.0000000197. The van der Waals surface area contributed by atoms with Crippen LogP contribution in [0.5, 0.6) is 0 Å². The van der Waals surface area contributed by atoms with E-state index in [4.69, 9.17) is 75.0 Å². The number of hydrogen-bond donors (Lipinski definition) is 0. The molecule has 0 N–H and O–H groups in total. The Hall–Kier alpha value is -0.0266. The van der Waals surface area contributed by atoms with Gasteiger partial charge in [-0.25, -0.2) is 0 Å². The van der Waals surface area contributed by atoms with Crippen LogP contribution in [0, 0.1) is 83.0 Å². The first-order valence-corrected chi connectivity index (χ1v) is 3.06. The second kappa shape index (κ2) is 43.1. The molecule has 0 unspecified atom stereocenters. The second-order valence-electron chi connectivity index (χ2n) is 1.25. The van der Waals surface area contributed by atoms with Crippen LogP contribution in [-0.4, -0.2) is 30.8 Å². The molecule has 0 aliphatic carbocycles. The van der Waals surface area contributed by atoms with E-state index in [1.54, 1.807) is 0 Å². The molecule has 23 heavy (non-hydrogen) atoms. The zero-order valence-corrected chi connectivity index (χ0v) is 19.5. The molecule has 0 fully saturated rings. The molecule has 0 rings (SSSR count). The first-order valence-electron chi connectivity index (χ1n) is 3.06. The molecular formula is C5CeO15PrZr. The van der Waals surface area contributed by atoms with Crippen LogP contribution in [0.15, 0.2) is 0 Å². The van der Waals surface area contributed by atoms with Crippen molar-refractivity contribution in [2.24, 2.45) is 0 Å². The van der Waals surface area contributed by atoms with E-state index in [2.05, 4.69) is 0 Å². The molecule has 1 radical (unpaired) electrons. The molecule has 0 bridgehead atoms. The summed E-state index contributed by atoms with van der Waals surface area (Å²) in [4.78, 5) is 41.7. The van der Waals surface area contributed by atoms with Crippen LogP contribution in [0.3, 0.4) is 0 Å². The van der Waals surface area contributed by atoms with E-state index in [9.17, 15) is 0 Å². The summed E-state index contributed by atoms with van der Waals surface area (Å²) in [7, 11) is 0. The molecule has 0 aliphatic rings. The van der Waals surface area contributed by atoms with E-state index in [0.717, 1.165) is 0 Å². The van der Waals surface area contributed by atoms with Gasteiger partial charge in [-0.3, -0.25) is 0 Å². The summed E-state index contributed by atoms with van der Waals surface area (Å²) in [5.41, 5.74) is 0. The number of carboxylic acid groups (broad SMARTS) is 10. The van der Waals surface area contributed by atoms with Crippen LogP contribution in [0.25, 0.3) is 0 Å². The van der Waals surface area contributed by atoms with Gasteiger partial charge in [0.25, 0.3) is 0 Å². The zero-order valence-electron chi connectivity index (χ0n) is 10.2. The molecule has 0 aromatic rings. The molecule has 121 valence electrons. The second-order valence-corrected chi connectivity index (χ2v) is 1.25. The molecule has 0 spiro atoms. The standard InChI is InChI=1S/5CH2O3.Ce.Pr.Zr/c5*2-1(3)4;;;/h5*(H2,2,3,4);;;/q;;;;;2*+3;+4/p-10. The molecule has 15 nitrogen and oxygen atoms in total. The zero-order chi connectivity index (χ0) is 17.9. The van der Waals surface area contributed by atoms with Crippen LogP contribution in [0.2, 0.25) is 0 Å². The van der Waals surface area contributed by atoms with Gasteiger partial charge >= 0.3 is 109 Å². The maximum Gasteiger partial charge on any atom is 4.00 e. The van der Waals surface area contributed by atoms with Crippen LogP contribution in [0.4, 0.5) is 24.0 Å². The van der Waals surface area contributed by atoms with Crippen molar-refractivity contribution in [3.63, 3.8) is 0 Å². The summed E-state index contributed by atoms with van der Waals surface area (Å²) < 4.78 is 0. The Labute approximate surface area is 212 Å². The van der Waals surface area contributed by atoms with Crippen molar-refractivity contribution in [3.8, 4) is 0 Å². The average molecular weight is 672 g/mol. The molecule has 0 amide bonds. The van der Waals surface area contributed by atoms with Gasteiger partial charge in [-0.2, -0.15) is 0 Å². The average Bonchev–Trinajstić information content (AvgIpc) is 1.94. The Bertz CT molecular complexity index is 219. The van der Waals surface area contributed by atoms with Crippen molar-refractivity contribution >= 4 is 30.8 Å². The molecule has 0 saturated heterocycles. The summed E-state index contributed by atoms with van der Waals surface area (Å²) in [6, 6.07) is 0. The fourth-order valence-electron chi connectivity index (χ4n) is 0. The summed E-state index contributed by atoms with van der Waals surface area (Å²) in [5, 5.41) is 83.3. The molecule has 0 aliphatic heterocycles. The monoisotopic (exact) mass is 671 g/mol. The van der Waals surface area contributed by atoms with Crippen molar-refractivity contribution in [1.82, 2.24) is 0 Å². The molecule has 0 saturated carbocycles. The van der Waals surface area contributed by atoms with Crippen LogP contribution in [-0.2, 0) is 26.2 Å². The number of carbonyl (C=O) groups is 5. The van der Waals surface area contributed by atoms with Crippen molar-refractivity contribution in [2.45, 2.75) is 0 Å². The molecule has 0 heterocycles. The van der Waals surface area contributed by atoms with Gasteiger partial charge in [0.15, 0.2) is 0 Å². The summed E-state index contributed by atoms with van der Waals surface area (Å²) in [6.45, 7) is 0. The number of hydrogen-bond acceptors (Lipinski definition) is 15. The molecular weight excluding hydrogens is 672 g/mol. The third-order valence-corrected chi connectivity index (χ3v) is 0. The van der Waals surface area contributed by atoms with Crippen LogP contribution in [0.1, 0.15) is 0 Å². The topological polar surface area (TPSA) is 316 Å². The number of carbonyl (C=O) groups excluding carboxylic acids is 5. The normalized spacial score (nSPS) is 5.22. The Morgan fingerprint density at radius 3 is 0.391 bits per heavy atom. The van der Waals surface area contributed by atoms with Gasteiger partial charge in [-0.15, -0.1) is 0 Å². The van der Waals surface area contributed by atoms with Gasteiger partial charge in [-0.1, -0.05) is 0 Å². The van der Waals surface area contributed by atoms with E-state index in [-0.39, 0.29) is 109 Å². The van der Waals surface area contributed by atoms with Crippen LogP contribution >= 0.6 is 0 Å². The molecule has 0 atom stereocenters. The van der Waals surface area contributed by atoms with E-state index in [1.165, 1.54) is 0 Å². The predicted octanol–water partition coefficient (Wildman–Crippen LogP) is -12.2. The first kappa shape index (κ1) is 49.5. The van der Waals surface area contributed by atoms with Crippen molar-refractivity contribution in [2.75, 3.05) is 0 Å². The molecule has 0 aromatic carbocycles. The van der Waals surface area contributed by atoms with Crippen molar-refractivity contribution in [1.29, 1.82) is 0 Å². The Morgan fingerprint density at radius 1 is 0.391 bits per heavy atom. The van der Waals surface area contributed by atoms with Gasteiger partial charge in [-0.05, 0) is 30.8 Å².